The highest BCUT2D eigenvalue weighted by Gasteiger charge is 2.07. The highest BCUT2D eigenvalue weighted by Crippen LogP contribution is 2.24. The molecule has 0 amide bonds. The summed E-state index contributed by atoms with van der Waals surface area (Å²) in [5.41, 5.74) is 1.64. The number of phenolic OH excluding ortho intramolecular Hbond substituents is 1. The number of aliphatic hydroxyl groups excluding tert-OH is 1. The SMILES string of the molecule is CCCC(O)c1ccc(C)c(O)c1. The van der Waals surface area contributed by atoms with E-state index >= 15 is 0 Å². The van der Waals surface area contributed by atoms with Crippen LogP contribution >= 0.6 is 0 Å². The summed E-state index contributed by atoms with van der Waals surface area (Å²) in [4.78, 5) is 0. The summed E-state index contributed by atoms with van der Waals surface area (Å²) in [6.45, 7) is 3.86. The molecule has 1 unspecified atom stereocenters. The summed E-state index contributed by atoms with van der Waals surface area (Å²) in [6.07, 6.45) is 1.23. The lowest BCUT2D eigenvalue weighted by Crippen LogP contribution is -1.96. The summed E-state index contributed by atoms with van der Waals surface area (Å²) in [5, 5.41) is 19.0. The first kappa shape index (κ1) is 10.1. The number of aryl methyl sites for hydroxylation is 1. The number of rotatable bonds is 3. The first-order chi connectivity index (χ1) is 6.15. The molecule has 72 valence electrons. The molecule has 0 saturated heterocycles. The molecule has 1 aromatic carbocycles. The molecule has 0 radical (unpaired) electrons. The Kier molecular flexibility index (Phi) is 3.32. The molecule has 1 rings (SSSR count). The Hall–Kier alpha value is -1.02. The van der Waals surface area contributed by atoms with E-state index < -0.39 is 6.10 Å². The van der Waals surface area contributed by atoms with Crippen molar-refractivity contribution >= 4 is 0 Å². The summed E-state index contributed by atoms with van der Waals surface area (Å²) >= 11 is 0. The number of aliphatic hydroxyl groups is 1. The lowest BCUT2D eigenvalue weighted by Gasteiger charge is -2.10. The van der Waals surface area contributed by atoms with E-state index in [9.17, 15) is 10.2 Å². The molecule has 0 fully saturated rings. The monoisotopic (exact) mass is 180 g/mol. The fourth-order valence-electron chi connectivity index (χ4n) is 1.27. The van der Waals surface area contributed by atoms with Crippen LogP contribution in [0.25, 0.3) is 0 Å². The van der Waals surface area contributed by atoms with Crippen LogP contribution in [0.15, 0.2) is 18.2 Å². The van der Waals surface area contributed by atoms with Gasteiger partial charge in [-0.2, -0.15) is 0 Å². The Morgan fingerprint density at radius 1 is 1.38 bits per heavy atom. The largest absolute Gasteiger partial charge is 0.508 e. The molecule has 0 aliphatic rings. The Balaban J connectivity index is 2.84. The zero-order valence-corrected chi connectivity index (χ0v) is 8.12. The van der Waals surface area contributed by atoms with Crippen LogP contribution in [0.3, 0.4) is 0 Å². The van der Waals surface area contributed by atoms with Crippen molar-refractivity contribution in [1.29, 1.82) is 0 Å². The average molecular weight is 180 g/mol. The van der Waals surface area contributed by atoms with Gasteiger partial charge in [0.1, 0.15) is 5.75 Å². The minimum Gasteiger partial charge on any atom is -0.508 e. The summed E-state index contributed by atoms with van der Waals surface area (Å²) < 4.78 is 0. The lowest BCUT2D eigenvalue weighted by molar-refractivity contribution is 0.166. The van der Waals surface area contributed by atoms with Gasteiger partial charge in [0.25, 0.3) is 0 Å². The fraction of sp³-hybridized carbons (Fsp3) is 0.455. The van der Waals surface area contributed by atoms with E-state index in [0.29, 0.717) is 0 Å². The average Bonchev–Trinajstić information content (AvgIpc) is 2.10. The van der Waals surface area contributed by atoms with Gasteiger partial charge in [-0.05, 0) is 30.5 Å². The fourth-order valence-corrected chi connectivity index (χ4v) is 1.27. The van der Waals surface area contributed by atoms with E-state index in [1.165, 1.54) is 0 Å². The predicted molar refractivity (Wildman–Crippen MR) is 52.7 cm³/mol. The highest BCUT2D eigenvalue weighted by atomic mass is 16.3. The van der Waals surface area contributed by atoms with E-state index in [2.05, 4.69) is 0 Å². The molecule has 2 N–H and O–H groups in total. The molecule has 2 heteroatoms. The molecule has 0 aromatic heterocycles. The normalized spacial score (nSPS) is 12.8. The molecule has 0 aliphatic heterocycles. The van der Waals surface area contributed by atoms with E-state index in [1.54, 1.807) is 6.07 Å². The minimum absolute atomic E-state index is 0.257. The molecule has 1 aromatic rings. The van der Waals surface area contributed by atoms with Crippen molar-refractivity contribution in [1.82, 2.24) is 0 Å². The Labute approximate surface area is 78.8 Å². The lowest BCUT2D eigenvalue weighted by atomic mass is 10.0. The molecule has 0 aliphatic carbocycles. The van der Waals surface area contributed by atoms with Crippen LogP contribution in [-0.2, 0) is 0 Å². The molecule has 0 spiro atoms. The van der Waals surface area contributed by atoms with Crippen LogP contribution in [0.5, 0.6) is 5.75 Å². The molecule has 0 saturated carbocycles. The zero-order chi connectivity index (χ0) is 9.84. The van der Waals surface area contributed by atoms with Gasteiger partial charge in [-0.15, -0.1) is 0 Å². The van der Waals surface area contributed by atoms with Crippen molar-refractivity contribution in [2.24, 2.45) is 0 Å². The maximum atomic E-state index is 9.62. The number of aromatic hydroxyl groups is 1. The second-order valence-electron chi connectivity index (χ2n) is 3.35. The Bertz CT molecular complexity index is 281. The van der Waals surface area contributed by atoms with Crippen LogP contribution in [0.2, 0.25) is 0 Å². The van der Waals surface area contributed by atoms with Crippen molar-refractivity contribution in [2.75, 3.05) is 0 Å². The third-order valence-electron chi connectivity index (χ3n) is 2.18. The van der Waals surface area contributed by atoms with Crippen molar-refractivity contribution < 1.29 is 10.2 Å². The van der Waals surface area contributed by atoms with Crippen molar-refractivity contribution in [3.8, 4) is 5.75 Å². The summed E-state index contributed by atoms with van der Waals surface area (Å²) in [7, 11) is 0. The van der Waals surface area contributed by atoms with E-state index in [0.717, 1.165) is 24.0 Å². The third kappa shape index (κ3) is 2.46. The zero-order valence-electron chi connectivity index (χ0n) is 8.12. The summed E-state index contributed by atoms with van der Waals surface area (Å²) in [5.74, 6) is 0.257. The topological polar surface area (TPSA) is 40.5 Å². The smallest absolute Gasteiger partial charge is 0.118 e. The van der Waals surface area contributed by atoms with Crippen LogP contribution in [0.1, 0.15) is 37.0 Å². The molecule has 1 atom stereocenters. The van der Waals surface area contributed by atoms with Gasteiger partial charge in [0.2, 0.25) is 0 Å². The van der Waals surface area contributed by atoms with Crippen LogP contribution in [0.4, 0.5) is 0 Å². The van der Waals surface area contributed by atoms with Crippen LogP contribution in [0, 0.1) is 6.92 Å². The van der Waals surface area contributed by atoms with Crippen molar-refractivity contribution in [2.45, 2.75) is 32.8 Å². The maximum absolute atomic E-state index is 9.62. The van der Waals surface area contributed by atoms with Gasteiger partial charge in [-0.1, -0.05) is 25.5 Å². The minimum atomic E-state index is -0.448. The second-order valence-corrected chi connectivity index (χ2v) is 3.35. The molecule has 2 nitrogen and oxygen atoms in total. The predicted octanol–water partition coefficient (Wildman–Crippen LogP) is 2.53. The van der Waals surface area contributed by atoms with Gasteiger partial charge in [0.05, 0.1) is 6.10 Å². The third-order valence-corrected chi connectivity index (χ3v) is 2.18. The van der Waals surface area contributed by atoms with Gasteiger partial charge in [-0.3, -0.25) is 0 Å². The highest BCUT2D eigenvalue weighted by molar-refractivity contribution is 5.36. The van der Waals surface area contributed by atoms with Gasteiger partial charge < -0.3 is 10.2 Å². The second kappa shape index (κ2) is 4.28. The molecule has 0 bridgehead atoms. The first-order valence-electron chi connectivity index (χ1n) is 4.62. The van der Waals surface area contributed by atoms with Crippen LogP contribution in [-0.4, -0.2) is 10.2 Å². The number of phenols is 1. The van der Waals surface area contributed by atoms with Crippen molar-refractivity contribution in [3.05, 3.63) is 29.3 Å². The van der Waals surface area contributed by atoms with Gasteiger partial charge in [0.15, 0.2) is 0 Å². The first-order valence-corrected chi connectivity index (χ1v) is 4.62. The number of hydrogen-bond acceptors (Lipinski definition) is 2. The standard InChI is InChI=1S/C11H16O2/c1-3-4-10(12)9-6-5-8(2)11(13)7-9/h5-7,10,12-13H,3-4H2,1-2H3. The molecule has 13 heavy (non-hydrogen) atoms. The van der Waals surface area contributed by atoms with E-state index in [1.807, 2.05) is 26.0 Å². The van der Waals surface area contributed by atoms with E-state index in [4.69, 9.17) is 0 Å². The maximum Gasteiger partial charge on any atom is 0.118 e. The van der Waals surface area contributed by atoms with Gasteiger partial charge in [-0.25, -0.2) is 0 Å². The number of hydrogen-bond donors (Lipinski definition) is 2. The quantitative estimate of drug-likeness (QED) is 0.750. The van der Waals surface area contributed by atoms with E-state index in [-0.39, 0.29) is 5.75 Å². The summed E-state index contributed by atoms with van der Waals surface area (Å²) in [6, 6.07) is 5.31. The number of benzene rings is 1. The van der Waals surface area contributed by atoms with Crippen LogP contribution < -0.4 is 0 Å². The van der Waals surface area contributed by atoms with Gasteiger partial charge >= 0.3 is 0 Å². The molecular formula is C11H16O2. The van der Waals surface area contributed by atoms with Gasteiger partial charge in [0, 0.05) is 0 Å². The Morgan fingerprint density at radius 2 is 2.08 bits per heavy atom. The molecular weight excluding hydrogens is 164 g/mol. The van der Waals surface area contributed by atoms with Crippen molar-refractivity contribution in [3.63, 3.8) is 0 Å². The molecule has 0 heterocycles. The Morgan fingerprint density at radius 3 is 2.62 bits per heavy atom.